The van der Waals surface area contributed by atoms with Gasteiger partial charge in [-0.15, -0.1) is 35.3 Å². The third-order valence-electron chi connectivity index (χ3n) is 4.23. The first-order valence-corrected chi connectivity index (χ1v) is 9.45. The van der Waals surface area contributed by atoms with Crippen LogP contribution in [0, 0.1) is 0 Å². The molecule has 1 saturated heterocycles. The largest absolute Gasteiger partial charge is 0.434 e. The van der Waals surface area contributed by atoms with Crippen LogP contribution in [-0.4, -0.2) is 47.9 Å². The Morgan fingerprint density at radius 3 is 2.74 bits per heavy atom. The number of guanidine groups is 1. The fourth-order valence-corrected chi connectivity index (χ4v) is 3.54. The number of aromatic nitrogens is 1. The molecular weight excluding hydrogens is 494 g/mol. The molecule has 2 rings (SSSR count). The summed E-state index contributed by atoms with van der Waals surface area (Å²) in [6.07, 6.45) is -0.843. The highest BCUT2D eigenvalue weighted by Gasteiger charge is 2.33. The van der Waals surface area contributed by atoms with E-state index >= 15 is 0 Å². The highest BCUT2D eigenvalue weighted by atomic mass is 127. The van der Waals surface area contributed by atoms with Crippen molar-refractivity contribution < 1.29 is 18.0 Å². The molecule has 0 aliphatic carbocycles. The molecule has 1 unspecified atom stereocenters. The number of aliphatic imine (C=N–C) groups is 1. The first kappa shape index (κ1) is 23.9. The second-order valence-electron chi connectivity index (χ2n) is 6.16. The topological polar surface area (TPSA) is 69.6 Å². The second-order valence-corrected chi connectivity index (χ2v) is 7.10. The number of amides is 1. The van der Waals surface area contributed by atoms with Gasteiger partial charge < -0.3 is 15.5 Å². The molecule has 1 amide bonds. The highest BCUT2D eigenvalue weighted by molar-refractivity contribution is 14.0. The van der Waals surface area contributed by atoms with Gasteiger partial charge in [0.15, 0.2) is 11.7 Å². The van der Waals surface area contributed by atoms with Crippen molar-refractivity contribution in [2.75, 3.05) is 20.1 Å². The summed E-state index contributed by atoms with van der Waals surface area (Å²) in [6.45, 7) is 3.41. The van der Waals surface area contributed by atoms with E-state index in [2.05, 4.69) is 27.5 Å². The number of hydrogen-bond acceptors (Lipinski definition) is 4. The molecule has 0 aromatic carbocycles. The third-order valence-corrected chi connectivity index (χ3v) is 5.08. The zero-order valence-corrected chi connectivity index (χ0v) is 18.5. The van der Waals surface area contributed by atoms with Gasteiger partial charge in [0.05, 0.1) is 6.54 Å². The third kappa shape index (κ3) is 7.43. The van der Waals surface area contributed by atoms with Crippen LogP contribution in [-0.2, 0) is 17.5 Å². The Labute approximate surface area is 178 Å². The molecule has 1 atom stereocenters. The maximum absolute atomic E-state index is 12.5. The number of likely N-dealkylation sites (tertiary alicyclic amines) is 1. The molecular formula is C16H25F3IN5OS. The number of alkyl halides is 3. The predicted molar refractivity (Wildman–Crippen MR) is 110 cm³/mol. The Hall–Kier alpha value is -1.11. The van der Waals surface area contributed by atoms with Gasteiger partial charge in [0.1, 0.15) is 5.01 Å². The van der Waals surface area contributed by atoms with Gasteiger partial charge >= 0.3 is 6.18 Å². The van der Waals surface area contributed by atoms with E-state index in [-0.39, 0.29) is 42.5 Å². The number of carbonyl (C=O) groups excluding carboxylic acids is 1. The molecule has 1 aromatic heterocycles. The zero-order chi connectivity index (χ0) is 19.2. The van der Waals surface area contributed by atoms with Crippen molar-refractivity contribution in [1.82, 2.24) is 20.5 Å². The number of carbonyl (C=O) groups is 1. The van der Waals surface area contributed by atoms with E-state index in [9.17, 15) is 18.0 Å². The average Bonchev–Trinajstić information content (AvgIpc) is 3.07. The number of nitrogens with zero attached hydrogens (tertiary/aromatic N) is 3. The quantitative estimate of drug-likeness (QED) is 0.356. The number of piperidine rings is 1. The van der Waals surface area contributed by atoms with Crippen LogP contribution in [0.1, 0.15) is 43.3 Å². The molecule has 27 heavy (non-hydrogen) atoms. The van der Waals surface area contributed by atoms with Crippen molar-refractivity contribution in [3.05, 3.63) is 16.1 Å². The Kier molecular flexibility index (Phi) is 9.77. The molecule has 154 valence electrons. The van der Waals surface area contributed by atoms with E-state index in [1.165, 1.54) is 0 Å². The molecule has 0 radical (unpaired) electrons. The summed E-state index contributed by atoms with van der Waals surface area (Å²) < 4.78 is 37.6. The van der Waals surface area contributed by atoms with E-state index in [4.69, 9.17) is 0 Å². The van der Waals surface area contributed by atoms with Crippen molar-refractivity contribution in [2.24, 2.45) is 4.99 Å². The fraction of sp³-hybridized carbons (Fsp3) is 0.688. The van der Waals surface area contributed by atoms with Gasteiger partial charge in [0.25, 0.3) is 0 Å². The van der Waals surface area contributed by atoms with Crippen LogP contribution in [0.15, 0.2) is 10.4 Å². The molecule has 1 fully saturated rings. The van der Waals surface area contributed by atoms with Crippen LogP contribution in [0.4, 0.5) is 13.2 Å². The number of rotatable bonds is 5. The molecule has 2 N–H and O–H groups in total. The Morgan fingerprint density at radius 2 is 2.15 bits per heavy atom. The smallest absolute Gasteiger partial charge is 0.356 e. The van der Waals surface area contributed by atoms with Gasteiger partial charge in [-0.2, -0.15) is 13.2 Å². The summed E-state index contributed by atoms with van der Waals surface area (Å²) in [5, 5.41) is 7.22. The van der Waals surface area contributed by atoms with E-state index in [1.807, 2.05) is 4.90 Å². The van der Waals surface area contributed by atoms with E-state index < -0.39 is 11.9 Å². The molecule has 0 saturated carbocycles. The van der Waals surface area contributed by atoms with Gasteiger partial charge in [0.2, 0.25) is 5.91 Å². The van der Waals surface area contributed by atoms with Crippen LogP contribution in [0.25, 0.3) is 0 Å². The first-order chi connectivity index (χ1) is 12.3. The summed E-state index contributed by atoms with van der Waals surface area (Å²) in [5.41, 5.74) is -0.886. The number of nitrogens with one attached hydrogen (secondary N) is 2. The molecule has 2 heterocycles. The summed E-state index contributed by atoms with van der Waals surface area (Å²) in [6, 6.07) is 0.279. The molecule has 1 aromatic rings. The number of halogens is 4. The molecule has 11 heteroatoms. The molecule has 0 bridgehead atoms. The van der Waals surface area contributed by atoms with Crippen molar-refractivity contribution in [2.45, 2.75) is 51.4 Å². The summed E-state index contributed by atoms with van der Waals surface area (Å²) in [4.78, 5) is 21.7. The highest BCUT2D eigenvalue weighted by Crippen LogP contribution is 2.29. The number of hydrogen-bond donors (Lipinski definition) is 2. The van der Waals surface area contributed by atoms with Crippen LogP contribution < -0.4 is 10.6 Å². The summed E-state index contributed by atoms with van der Waals surface area (Å²) in [7, 11) is 1.56. The summed E-state index contributed by atoms with van der Waals surface area (Å²) in [5.74, 6) is 0.531. The minimum Gasteiger partial charge on any atom is -0.356 e. The predicted octanol–water partition coefficient (Wildman–Crippen LogP) is 3.24. The Bertz CT molecular complexity index is 638. The molecule has 6 nitrogen and oxygen atoms in total. The van der Waals surface area contributed by atoms with Crippen molar-refractivity contribution >= 4 is 47.2 Å². The Morgan fingerprint density at radius 1 is 1.41 bits per heavy atom. The van der Waals surface area contributed by atoms with Gasteiger partial charge in [-0.25, -0.2) is 4.98 Å². The minimum absolute atomic E-state index is 0. The standard InChI is InChI=1S/C16H24F3N5OS.HI/c1-11-5-3-4-8-24(11)14(25)6-7-21-15(20-2)22-9-13-23-12(10-26-13)16(17,18)19;/h10-11H,3-9H2,1-2H3,(H2,20,21,22);1H. The summed E-state index contributed by atoms with van der Waals surface area (Å²) >= 11 is 0.939. The van der Waals surface area contributed by atoms with Crippen LogP contribution in [0.5, 0.6) is 0 Å². The van der Waals surface area contributed by atoms with Crippen LogP contribution in [0.3, 0.4) is 0 Å². The Balaban J connectivity index is 0.00000364. The van der Waals surface area contributed by atoms with E-state index in [1.54, 1.807) is 7.05 Å². The van der Waals surface area contributed by atoms with Gasteiger partial charge in [-0.05, 0) is 26.2 Å². The maximum atomic E-state index is 12.5. The van der Waals surface area contributed by atoms with Crippen molar-refractivity contribution in [1.29, 1.82) is 0 Å². The normalized spacial score (nSPS) is 18.0. The van der Waals surface area contributed by atoms with Crippen LogP contribution >= 0.6 is 35.3 Å². The monoisotopic (exact) mass is 519 g/mol. The molecule has 0 spiro atoms. The van der Waals surface area contributed by atoms with E-state index in [0.29, 0.717) is 23.9 Å². The molecule has 1 aliphatic heterocycles. The molecule has 1 aliphatic rings. The lowest BCUT2D eigenvalue weighted by molar-refractivity contribution is -0.140. The van der Waals surface area contributed by atoms with Crippen molar-refractivity contribution in [3.63, 3.8) is 0 Å². The maximum Gasteiger partial charge on any atom is 0.434 e. The first-order valence-electron chi connectivity index (χ1n) is 8.57. The lowest BCUT2D eigenvalue weighted by atomic mass is 10.0. The van der Waals surface area contributed by atoms with Crippen molar-refractivity contribution in [3.8, 4) is 0 Å². The second kappa shape index (κ2) is 11.0. The van der Waals surface area contributed by atoms with Gasteiger partial charge in [0, 0.05) is 38.0 Å². The van der Waals surface area contributed by atoms with Crippen LogP contribution in [0.2, 0.25) is 0 Å². The minimum atomic E-state index is -4.43. The SMILES string of the molecule is CN=C(NCCC(=O)N1CCCCC1C)NCc1nc(C(F)(F)F)cs1.I. The van der Waals surface area contributed by atoms with E-state index in [0.717, 1.165) is 42.5 Å². The fourth-order valence-electron chi connectivity index (χ4n) is 2.80. The zero-order valence-electron chi connectivity index (χ0n) is 15.3. The van der Waals surface area contributed by atoms with Gasteiger partial charge in [-0.1, -0.05) is 0 Å². The lowest BCUT2D eigenvalue weighted by Crippen LogP contribution is -2.44. The average molecular weight is 519 g/mol. The van der Waals surface area contributed by atoms with Gasteiger partial charge in [-0.3, -0.25) is 9.79 Å². The number of thiazole rings is 1. The lowest BCUT2D eigenvalue weighted by Gasteiger charge is -2.33.